The second-order valence-electron chi connectivity index (χ2n) is 3.46. The van der Waals surface area contributed by atoms with Gasteiger partial charge in [-0.1, -0.05) is 12.1 Å². The molecule has 0 fully saturated rings. The van der Waals surface area contributed by atoms with Gasteiger partial charge in [0, 0.05) is 0 Å². The van der Waals surface area contributed by atoms with Gasteiger partial charge < -0.3 is 0 Å². The number of benzene rings is 1. The Morgan fingerprint density at radius 1 is 1.14 bits per heavy atom. The molecular weight excluding hydrogens is 174 g/mol. The van der Waals surface area contributed by atoms with E-state index in [1.54, 1.807) is 0 Å². The van der Waals surface area contributed by atoms with Crippen LogP contribution in [0.1, 0.15) is 17.2 Å². The van der Waals surface area contributed by atoms with Crippen LogP contribution in [0.5, 0.6) is 0 Å². The van der Waals surface area contributed by atoms with Gasteiger partial charge in [-0.05, 0) is 38.5 Å². The first-order valence-electron chi connectivity index (χ1n) is 4.64. The van der Waals surface area contributed by atoms with Gasteiger partial charge in [0.2, 0.25) is 0 Å². The van der Waals surface area contributed by atoms with Crippen molar-refractivity contribution >= 4 is 0 Å². The van der Waals surface area contributed by atoms with Gasteiger partial charge in [-0.25, -0.2) is 9.67 Å². The van der Waals surface area contributed by atoms with Crippen LogP contribution in [0.25, 0.3) is 5.69 Å². The molecule has 0 bridgehead atoms. The summed E-state index contributed by atoms with van der Waals surface area (Å²) in [6.45, 7) is 5.93. The molecule has 2 rings (SSSR count). The molecule has 2 aromatic rings. The van der Waals surface area contributed by atoms with E-state index >= 15 is 0 Å². The quantitative estimate of drug-likeness (QED) is 0.685. The summed E-state index contributed by atoms with van der Waals surface area (Å²) in [5.41, 5.74) is 2.30. The Bertz CT molecular complexity index is 457. The van der Waals surface area contributed by atoms with Crippen LogP contribution >= 0.6 is 0 Å². The van der Waals surface area contributed by atoms with Crippen molar-refractivity contribution in [2.75, 3.05) is 0 Å². The number of nitrogens with zero attached hydrogens (tertiary/aromatic N) is 3. The largest absolute Gasteiger partial charge is 0.218 e. The molecule has 1 heterocycles. The lowest BCUT2D eigenvalue weighted by molar-refractivity contribution is 0.830. The fourth-order valence-electron chi connectivity index (χ4n) is 1.53. The van der Waals surface area contributed by atoms with E-state index in [2.05, 4.69) is 29.1 Å². The zero-order valence-corrected chi connectivity index (χ0v) is 8.65. The van der Waals surface area contributed by atoms with Crippen molar-refractivity contribution in [1.29, 1.82) is 0 Å². The van der Waals surface area contributed by atoms with Crippen molar-refractivity contribution in [2.45, 2.75) is 20.8 Å². The maximum atomic E-state index is 4.33. The lowest BCUT2D eigenvalue weighted by Gasteiger charge is -2.03. The number of aryl methyl sites for hydroxylation is 3. The van der Waals surface area contributed by atoms with Gasteiger partial charge >= 0.3 is 0 Å². The molecule has 3 heteroatoms. The van der Waals surface area contributed by atoms with E-state index in [1.807, 2.05) is 30.7 Å². The standard InChI is InChI=1S/C11H13N3/c1-8-5-4-6-11(7-8)14-10(3)12-9(2)13-14/h4-7H,1-3H3. The van der Waals surface area contributed by atoms with E-state index in [-0.39, 0.29) is 0 Å². The maximum Gasteiger partial charge on any atom is 0.148 e. The summed E-state index contributed by atoms with van der Waals surface area (Å²) in [7, 11) is 0. The molecule has 0 unspecified atom stereocenters. The normalized spacial score (nSPS) is 10.5. The molecule has 0 aliphatic heterocycles. The fraction of sp³-hybridized carbons (Fsp3) is 0.273. The molecule has 72 valence electrons. The zero-order valence-electron chi connectivity index (χ0n) is 8.65. The van der Waals surface area contributed by atoms with E-state index in [4.69, 9.17) is 0 Å². The molecule has 0 radical (unpaired) electrons. The van der Waals surface area contributed by atoms with Gasteiger partial charge in [0.25, 0.3) is 0 Å². The third kappa shape index (κ3) is 1.53. The monoisotopic (exact) mass is 187 g/mol. The van der Waals surface area contributed by atoms with Crippen LogP contribution in [-0.4, -0.2) is 14.8 Å². The SMILES string of the molecule is Cc1cccc(-n2nc(C)nc2C)c1. The molecule has 0 atom stereocenters. The Labute approximate surface area is 83.4 Å². The minimum atomic E-state index is 0.809. The average Bonchev–Trinajstić information content (AvgIpc) is 2.45. The van der Waals surface area contributed by atoms with Crippen LogP contribution in [0.3, 0.4) is 0 Å². The van der Waals surface area contributed by atoms with E-state index in [9.17, 15) is 0 Å². The van der Waals surface area contributed by atoms with Crippen LogP contribution in [0.4, 0.5) is 0 Å². The molecule has 1 aromatic heterocycles. The number of aromatic nitrogens is 3. The Morgan fingerprint density at radius 2 is 1.93 bits per heavy atom. The highest BCUT2D eigenvalue weighted by Crippen LogP contribution is 2.10. The summed E-state index contributed by atoms with van der Waals surface area (Å²) in [5, 5.41) is 4.33. The maximum absolute atomic E-state index is 4.33. The van der Waals surface area contributed by atoms with Gasteiger partial charge in [0.1, 0.15) is 11.6 Å². The molecular formula is C11H13N3. The van der Waals surface area contributed by atoms with Crippen molar-refractivity contribution < 1.29 is 0 Å². The highest BCUT2D eigenvalue weighted by molar-refractivity contribution is 5.35. The van der Waals surface area contributed by atoms with Crippen molar-refractivity contribution in [1.82, 2.24) is 14.8 Å². The third-order valence-electron chi connectivity index (χ3n) is 2.12. The minimum Gasteiger partial charge on any atom is -0.218 e. The van der Waals surface area contributed by atoms with E-state index < -0.39 is 0 Å². The number of rotatable bonds is 1. The molecule has 0 spiro atoms. The molecule has 0 amide bonds. The summed E-state index contributed by atoms with van der Waals surface area (Å²) >= 11 is 0. The van der Waals surface area contributed by atoms with Gasteiger partial charge in [0.05, 0.1) is 5.69 Å². The molecule has 0 saturated carbocycles. The highest BCUT2D eigenvalue weighted by atomic mass is 15.3. The first-order chi connectivity index (χ1) is 6.66. The van der Waals surface area contributed by atoms with Gasteiger partial charge in [-0.2, -0.15) is 5.10 Å². The lowest BCUT2D eigenvalue weighted by Crippen LogP contribution is -1.99. The predicted molar refractivity (Wildman–Crippen MR) is 55.6 cm³/mol. The van der Waals surface area contributed by atoms with E-state index in [0.717, 1.165) is 17.3 Å². The molecule has 0 aliphatic carbocycles. The van der Waals surface area contributed by atoms with E-state index in [0.29, 0.717) is 0 Å². The number of hydrogen-bond acceptors (Lipinski definition) is 2. The summed E-state index contributed by atoms with van der Waals surface area (Å²) in [4.78, 5) is 4.27. The summed E-state index contributed by atoms with van der Waals surface area (Å²) in [6, 6.07) is 8.24. The van der Waals surface area contributed by atoms with Crippen molar-refractivity contribution in [3.63, 3.8) is 0 Å². The van der Waals surface area contributed by atoms with Crippen LogP contribution in [0.2, 0.25) is 0 Å². The molecule has 0 saturated heterocycles. The van der Waals surface area contributed by atoms with Gasteiger partial charge in [-0.15, -0.1) is 0 Å². The van der Waals surface area contributed by atoms with Crippen LogP contribution in [-0.2, 0) is 0 Å². The summed E-state index contributed by atoms with van der Waals surface area (Å²) in [5.74, 6) is 1.73. The van der Waals surface area contributed by atoms with Crippen molar-refractivity contribution in [3.8, 4) is 5.69 Å². The van der Waals surface area contributed by atoms with Crippen molar-refractivity contribution in [3.05, 3.63) is 41.5 Å². The Morgan fingerprint density at radius 3 is 2.50 bits per heavy atom. The first kappa shape index (κ1) is 8.94. The van der Waals surface area contributed by atoms with Crippen LogP contribution < -0.4 is 0 Å². The summed E-state index contributed by atoms with van der Waals surface area (Å²) < 4.78 is 1.86. The Balaban J connectivity index is 2.54. The molecule has 14 heavy (non-hydrogen) atoms. The van der Waals surface area contributed by atoms with Crippen molar-refractivity contribution in [2.24, 2.45) is 0 Å². The average molecular weight is 187 g/mol. The Hall–Kier alpha value is -1.64. The third-order valence-corrected chi connectivity index (χ3v) is 2.12. The predicted octanol–water partition coefficient (Wildman–Crippen LogP) is 2.19. The van der Waals surface area contributed by atoms with Crippen LogP contribution in [0.15, 0.2) is 24.3 Å². The zero-order chi connectivity index (χ0) is 10.1. The second kappa shape index (κ2) is 3.25. The smallest absolute Gasteiger partial charge is 0.148 e. The topological polar surface area (TPSA) is 30.7 Å². The molecule has 1 aromatic carbocycles. The molecule has 0 N–H and O–H groups in total. The fourth-order valence-corrected chi connectivity index (χ4v) is 1.53. The lowest BCUT2D eigenvalue weighted by atomic mass is 10.2. The van der Waals surface area contributed by atoms with E-state index in [1.165, 1.54) is 5.56 Å². The summed E-state index contributed by atoms with van der Waals surface area (Å²) in [6.07, 6.45) is 0. The number of hydrogen-bond donors (Lipinski definition) is 0. The Kier molecular flexibility index (Phi) is 2.08. The molecule has 3 nitrogen and oxygen atoms in total. The van der Waals surface area contributed by atoms with Gasteiger partial charge in [0.15, 0.2) is 0 Å². The van der Waals surface area contributed by atoms with Crippen LogP contribution in [0, 0.1) is 20.8 Å². The molecule has 0 aliphatic rings. The van der Waals surface area contributed by atoms with Gasteiger partial charge in [-0.3, -0.25) is 0 Å². The second-order valence-corrected chi connectivity index (χ2v) is 3.46. The first-order valence-corrected chi connectivity index (χ1v) is 4.64. The minimum absolute atomic E-state index is 0.809. The highest BCUT2D eigenvalue weighted by Gasteiger charge is 2.03.